The minimum Gasteiger partial charge on any atom is -0.492 e. The number of rotatable bonds is 8. The van der Waals surface area contributed by atoms with E-state index in [0.717, 1.165) is 17.7 Å². The lowest BCUT2D eigenvalue weighted by Crippen LogP contribution is -2.29. The molecule has 3 aromatic rings. The Hall–Kier alpha value is -3.48. The van der Waals surface area contributed by atoms with Gasteiger partial charge in [0.15, 0.2) is 0 Å². The van der Waals surface area contributed by atoms with Crippen LogP contribution in [0.4, 0.5) is 11.6 Å². The van der Waals surface area contributed by atoms with Gasteiger partial charge in [0.2, 0.25) is 5.95 Å². The summed E-state index contributed by atoms with van der Waals surface area (Å²) < 4.78 is 5.60. The lowest BCUT2D eigenvalue weighted by atomic mass is 10.2. The fourth-order valence-electron chi connectivity index (χ4n) is 2.65. The van der Waals surface area contributed by atoms with E-state index < -0.39 is 0 Å². The average Bonchev–Trinajstić information content (AvgIpc) is 2.74. The molecule has 7 heteroatoms. The number of ether oxygens (including phenoxy) is 1. The molecule has 0 fully saturated rings. The molecule has 0 atom stereocenters. The van der Waals surface area contributed by atoms with Crippen molar-refractivity contribution >= 4 is 17.5 Å². The summed E-state index contributed by atoms with van der Waals surface area (Å²) in [6.07, 6.45) is 5.82. The van der Waals surface area contributed by atoms with Crippen molar-refractivity contribution in [2.75, 3.05) is 25.5 Å². The second-order valence-corrected chi connectivity index (χ2v) is 6.15. The van der Waals surface area contributed by atoms with Gasteiger partial charge in [-0.25, -0.2) is 9.97 Å². The maximum Gasteiger partial charge on any atom is 0.272 e. The molecule has 0 bridgehead atoms. The predicted octanol–water partition coefficient (Wildman–Crippen LogP) is 3.33. The Balaban J connectivity index is 1.67. The number of carbonyl (C=O) groups is 1. The first kappa shape index (κ1) is 19.3. The number of hydrogen-bond donors (Lipinski definition) is 1. The highest BCUT2D eigenvalue weighted by Gasteiger charge is 2.14. The molecular formula is C21H23N5O2. The van der Waals surface area contributed by atoms with Gasteiger partial charge in [0, 0.05) is 32.2 Å². The van der Waals surface area contributed by atoms with Crippen LogP contribution in [0.3, 0.4) is 0 Å². The molecule has 0 saturated heterocycles. The lowest BCUT2D eigenvalue weighted by Gasteiger charge is -2.17. The summed E-state index contributed by atoms with van der Waals surface area (Å²) in [7, 11) is 1.77. The minimum absolute atomic E-state index is 0.155. The van der Waals surface area contributed by atoms with Gasteiger partial charge in [0.25, 0.3) is 5.91 Å². The van der Waals surface area contributed by atoms with Gasteiger partial charge < -0.3 is 15.0 Å². The van der Waals surface area contributed by atoms with Gasteiger partial charge in [-0.1, -0.05) is 12.1 Å². The number of amides is 1. The van der Waals surface area contributed by atoms with Crippen molar-refractivity contribution in [3.63, 3.8) is 0 Å². The maximum atomic E-state index is 12.7. The number of aromatic nitrogens is 3. The monoisotopic (exact) mass is 377 g/mol. The number of anilines is 2. The van der Waals surface area contributed by atoms with Crippen molar-refractivity contribution in [2.45, 2.75) is 13.3 Å². The molecule has 1 aromatic carbocycles. The number of nitrogens with one attached hydrogen (secondary N) is 1. The smallest absolute Gasteiger partial charge is 0.272 e. The van der Waals surface area contributed by atoms with Crippen LogP contribution >= 0.6 is 0 Å². The van der Waals surface area contributed by atoms with Crippen molar-refractivity contribution in [3.8, 4) is 5.75 Å². The quantitative estimate of drug-likeness (QED) is 0.649. The number of hydrogen-bond acceptors (Lipinski definition) is 6. The van der Waals surface area contributed by atoms with E-state index in [0.29, 0.717) is 30.5 Å². The van der Waals surface area contributed by atoms with E-state index >= 15 is 0 Å². The second kappa shape index (κ2) is 9.45. The van der Waals surface area contributed by atoms with E-state index in [1.807, 2.05) is 43.3 Å². The topological polar surface area (TPSA) is 80.2 Å². The first-order valence-electron chi connectivity index (χ1n) is 9.13. The second-order valence-electron chi connectivity index (χ2n) is 6.15. The van der Waals surface area contributed by atoms with Gasteiger partial charge in [-0.2, -0.15) is 0 Å². The molecule has 0 aliphatic carbocycles. The molecule has 7 nitrogen and oxygen atoms in total. The van der Waals surface area contributed by atoms with Gasteiger partial charge in [0.05, 0.1) is 12.3 Å². The summed E-state index contributed by atoms with van der Waals surface area (Å²) in [4.78, 5) is 26.9. The van der Waals surface area contributed by atoms with Crippen LogP contribution in [-0.4, -0.2) is 46.0 Å². The van der Waals surface area contributed by atoms with Crippen LogP contribution in [0.2, 0.25) is 0 Å². The fraction of sp³-hybridized carbons (Fsp3) is 0.238. The molecule has 0 radical (unpaired) electrons. The van der Waals surface area contributed by atoms with Crippen LogP contribution in [0.25, 0.3) is 0 Å². The number of pyridine rings is 1. The largest absolute Gasteiger partial charge is 0.492 e. The molecule has 1 N–H and O–H groups in total. The van der Waals surface area contributed by atoms with Crippen LogP contribution in [0.15, 0.2) is 61.1 Å². The van der Waals surface area contributed by atoms with Crippen LogP contribution < -0.4 is 10.1 Å². The third-order valence-electron chi connectivity index (χ3n) is 4.14. The molecule has 0 aliphatic heterocycles. The standard InChI is InChI=1S/C21H23N5O2/c1-3-28-19-7-5-4-6-17(19)24-21-23-14-10-18(25-21)20(27)26(2)15-11-16-8-12-22-13-9-16/h4-10,12-14H,3,11,15H2,1-2H3,(H,23,24,25). The summed E-state index contributed by atoms with van der Waals surface area (Å²) in [6, 6.07) is 13.0. The van der Waals surface area contributed by atoms with E-state index in [2.05, 4.69) is 20.3 Å². The molecule has 0 saturated carbocycles. The van der Waals surface area contributed by atoms with Crippen molar-refractivity contribution < 1.29 is 9.53 Å². The molecular weight excluding hydrogens is 354 g/mol. The number of para-hydroxylation sites is 2. The van der Waals surface area contributed by atoms with Crippen LogP contribution in [0.1, 0.15) is 23.0 Å². The van der Waals surface area contributed by atoms with Gasteiger partial charge >= 0.3 is 0 Å². The number of likely N-dealkylation sites (N-methyl/N-ethyl adjacent to an activating group) is 1. The lowest BCUT2D eigenvalue weighted by molar-refractivity contribution is 0.0791. The van der Waals surface area contributed by atoms with Crippen molar-refractivity contribution in [1.29, 1.82) is 0 Å². The summed E-state index contributed by atoms with van der Waals surface area (Å²) in [6.45, 7) is 3.07. The molecule has 144 valence electrons. The Morgan fingerprint density at radius 2 is 1.89 bits per heavy atom. The van der Waals surface area contributed by atoms with Gasteiger partial charge in [-0.3, -0.25) is 9.78 Å². The maximum absolute atomic E-state index is 12.7. The van der Waals surface area contributed by atoms with E-state index in [1.54, 1.807) is 36.6 Å². The van der Waals surface area contributed by atoms with Gasteiger partial charge in [0.1, 0.15) is 11.4 Å². The third-order valence-corrected chi connectivity index (χ3v) is 4.14. The third kappa shape index (κ3) is 5.03. The molecule has 3 rings (SSSR count). The Labute approximate surface area is 164 Å². The molecule has 0 unspecified atom stereocenters. The first-order chi connectivity index (χ1) is 13.7. The van der Waals surface area contributed by atoms with Crippen LogP contribution in [-0.2, 0) is 6.42 Å². The Morgan fingerprint density at radius 3 is 2.68 bits per heavy atom. The zero-order valence-corrected chi connectivity index (χ0v) is 16.0. The minimum atomic E-state index is -0.155. The zero-order valence-electron chi connectivity index (χ0n) is 16.0. The highest BCUT2D eigenvalue weighted by molar-refractivity contribution is 5.92. The predicted molar refractivity (Wildman–Crippen MR) is 108 cm³/mol. The normalized spacial score (nSPS) is 10.4. The fourth-order valence-corrected chi connectivity index (χ4v) is 2.65. The van der Waals surface area contributed by atoms with Crippen molar-refractivity contribution in [3.05, 3.63) is 72.3 Å². The Kier molecular flexibility index (Phi) is 6.51. The van der Waals surface area contributed by atoms with Crippen LogP contribution in [0.5, 0.6) is 5.75 Å². The molecule has 28 heavy (non-hydrogen) atoms. The summed E-state index contributed by atoms with van der Waals surface area (Å²) >= 11 is 0. The number of nitrogens with zero attached hydrogens (tertiary/aromatic N) is 4. The Morgan fingerprint density at radius 1 is 1.11 bits per heavy atom. The number of carbonyl (C=O) groups excluding carboxylic acids is 1. The summed E-state index contributed by atoms with van der Waals surface area (Å²) in [5.74, 6) is 0.901. The van der Waals surface area contributed by atoms with E-state index in [4.69, 9.17) is 4.74 Å². The van der Waals surface area contributed by atoms with Gasteiger partial charge in [-0.15, -0.1) is 0 Å². The highest BCUT2D eigenvalue weighted by atomic mass is 16.5. The van der Waals surface area contributed by atoms with Crippen molar-refractivity contribution in [1.82, 2.24) is 19.9 Å². The van der Waals surface area contributed by atoms with E-state index in [1.165, 1.54) is 0 Å². The van der Waals surface area contributed by atoms with Crippen LogP contribution in [0, 0.1) is 0 Å². The van der Waals surface area contributed by atoms with Crippen molar-refractivity contribution in [2.24, 2.45) is 0 Å². The molecule has 1 amide bonds. The zero-order chi connectivity index (χ0) is 19.8. The van der Waals surface area contributed by atoms with E-state index in [9.17, 15) is 4.79 Å². The summed E-state index contributed by atoms with van der Waals surface area (Å²) in [5, 5.41) is 3.12. The molecule has 0 spiro atoms. The SMILES string of the molecule is CCOc1ccccc1Nc1nccc(C(=O)N(C)CCc2ccncc2)n1. The number of benzene rings is 1. The molecule has 0 aliphatic rings. The highest BCUT2D eigenvalue weighted by Crippen LogP contribution is 2.26. The average molecular weight is 377 g/mol. The summed E-state index contributed by atoms with van der Waals surface area (Å²) in [5.41, 5.74) is 2.22. The van der Waals surface area contributed by atoms with Gasteiger partial charge in [-0.05, 0) is 49.2 Å². The molecule has 2 heterocycles. The first-order valence-corrected chi connectivity index (χ1v) is 9.13. The Bertz CT molecular complexity index is 917. The van der Waals surface area contributed by atoms with E-state index in [-0.39, 0.29) is 5.91 Å². The molecule has 2 aromatic heterocycles.